The number of nitrogens with one attached hydrogen (secondary N) is 1. The second-order valence-electron chi connectivity index (χ2n) is 5.32. The van der Waals surface area contributed by atoms with Crippen LogP contribution in [0.2, 0.25) is 0 Å². The number of alkyl halides is 6. The summed E-state index contributed by atoms with van der Waals surface area (Å²) >= 11 is 0. The van der Waals surface area contributed by atoms with Crippen LogP contribution in [0.1, 0.15) is 6.92 Å². The Balaban J connectivity index is 0.000000343. The summed E-state index contributed by atoms with van der Waals surface area (Å²) in [6, 6.07) is 0.709. The van der Waals surface area contributed by atoms with Gasteiger partial charge in [0.1, 0.15) is 0 Å². The average Bonchev–Trinajstić information content (AvgIpc) is 2.22. The summed E-state index contributed by atoms with van der Waals surface area (Å²) in [7, 11) is 0. The van der Waals surface area contributed by atoms with E-state index in [2.05, 4.69) is 10.2 Å². The van der Waals surface area contributed by atoms with Crippen LogP contribution in [-0.2, 0) is 9.59 Å². The maximum Gasteiger partial charge on any atom is 0.490 e. The lowest BCUT2D eigenvalue weighted by molar-refractivity contribution is -0.193. The predicted molar refractivity (Wildman–Crippen MR) is 66.2 cm³/mol. The second-order valence-corrected chi connectivity index (χ2v) is 5.32. The first kappa shape index (κ1) is 22.4. The quantitative estimate of drug-likeness (QED) is 0.491. The lowest BCUT2D eigenvalue weighted by Gasteiger charge is -2.51. The zero-order valence-electron chi connectivity index (χ0n) is 12.3. The fraction of sp³-hybridized carbons (Fsp3) is 0.818. The molecule has 0 unspecified atom stereocenters. The minimum atomic E-state index is -5.08. The standard InChI is InChI=1S/C7H14N2O.2C2HF3O2/c1-7(10)4-9(5-7)6-2-8-3-6;2*3-2(4,5)1(6)7/h6,8,10H,2-5H2,1H3;2*(H,6,7). The molecule has 4 N–H and O–H groups in total. The van der Waals surface area contributed by atoms with Crippen LogP contribution < -0.4 is 5.32 Å². The van der Waals surface area contributed by atoms with Crippen molar-refractivity contribution in [2.45, 2.75) is 30.9 Å². The van der Waals surface area contributed by atoms with Gasteiger partial charge in [-0.25, -0.2) is 9.59 Å². The molecule has 0 amide bonds. The molecule has 0 bridgehead atoms. The number of halogens is 6. The van der Waals surface area contributed by atoms with Crippen molar-refractivity contribution in [3.63, 3.8) is 0 Å². The van der Waals surface area contributed by atoms with Gasteiger partial charge in [-0.3, -0.25) is 4.90 Å². The van der Waals surface area contributed by atoms with E-state index in [1.165, 1.54) is 0 Å². The van der Waals surface area contributed by atoms with Gasteiger partial charge in [-0.05, 0) is 6.92 Å². The highest BCUT2D eigenvalue weighted by Crippen LogP contribution is 2.23. The van der Waals surface area contributed by atoms with Crippen molar-refractivity contribution in [1.82, 2.24) is 10.2 Å². The van der Waals surface area contributed by atoms with Crippen LogP contribution in [0.4, 0.5) is 26.3 Å². The Labute approximate surface area is 131 Å². The first-order valence-electron chi connectivity index (χ1n) is 6.33. The minimum absolute atomic E-state index is 0.393. The van der Waals surface area contributed by atoms with E-state index in [-0.39, 0.29) is 0 Å². The number of carbonyl (C=O) groups is 2. The molecule has 0 aromatic carbocycles. The summed E-state index contributed by atoms with van der Waals surface area (Å²) in [6.07, 6.45) is -10.2. The fourth-order valence-corrected chi connectivity index (χ4v) is 1.62. The summed E-state index contributed by atoms with van der Waals surface area (Å²) in [4.78, 5) is 20.1. The first-order valence-corrected chi connectivity index (χ1v) is 6.33. The molecule has 2 heterocycles. The average molecular weight is 370 g/mol. The van der Waals surface area contributed by atoms with Gasteiger partial charge >= 0.3 is 24.3 Å². The summed E-state index contributed by atoms with van der Waals surface area (Å²) in [5.74, 6) is -5.51. The van der Waals surface area contributed by atoms with Crippen molar-refractivity contribution in [1.29, 1.82) is 0 Å². The molecule has 0 saturated carbocycles. The van der Waals surface area contributed by atoms with Crippen LogP contribution in [0, 0.1) is 0 Å². The lowest BCUT2D eigenvalue weighted by Crippen LogP contribution is -2.69. The van der Waals surface area contributed by atoms with Crippen molar-refractivity contribution < 1.29 is 51.3 Å². The number of carboxylic acids is 2. The molecule has 0 spiro atoms. The third-order valence-corrected chi connectivity index (χ3v) is 2.85. The van der Waals surface area contributed by atoms with Gasteiger partial charge in [0.2, 0.25) is 0 Å². The molecular formula is C11H16F6N2O5. The van der Waals surface area contributed by atoms with Gasteiger partial charge in [-0.15, -0.1) is 0 Å². The normalized spacial score (nSPS) is 20.3. The van der Waals surface area contributed by atoms with E-state index in [0.29, 0.717) is 6.04 Å². The van der Waals surface area contributed by atoms with Gasteiger partial charge in [0, 0.05) is 32.2 Å². The number of aliphatic carboxylic acids is 2. The topological polar surface area (TPSA) is 110 Å². The van der Waals surface area contributed by atoms with Crippen LogP contribution in [0.25, 0.3) is 0 Å². The van der Waals surface area contributed by atoms with E-state index < -0.39 is 29.9 Å². The van der Waals surface area contributed by atoms with E-state index in [4.69, 9.17) is 19.8 Å². The van der Waals surface area contributed by atoms with E-state index in [0.717, 1.165) is 26.2 Å². The van der Waals surface area contributed by atoms with Crippen LogP contribution in [0.5, 0.6) is 0 Å². The highest BCUT2D eigenvalue weighted by atomic mass is 19.4. The van der Waals surface area contributed by atoms with Gasteiger partial charge < -0.3 is 20.6 Å². The van der Waals surface area contributed by atoms with Crippen molar-refractivity contribution in [3.05, 3.63) is 0 Å². The zero-order valence-corrected chi connectivity index (χ0v) is 12.3. The number of nitrogens with zero attached hydrogens (tertiary/aromatic N) is 1. The number of aliphatic hydroxyl groups is 1. The van der Waals surface area contributed by atoms with Crippen molar-refractivity contribution in [2.24, 2.45) is 0 Å². The van der Waals surface area contributed by atoms with E-state index in [1.54, 1.807) is 0 Å². The lowest BCUT2D eigenvalue weighted by atomic mass is 9.93. The van der Waals surface area contributed by atoms with Crippen molar-refractivity contribution >= 4 is 11.9 Å². The largest absolute Gasteiger partial charge is 0.490 e. The van der Waals surface area contributed by atoms with Crippen LogP contribution in [0.3, 0.4) is 0 Å². The first-order chi connectivity index (χ1) is 10.6. The van der Waals surface area contributed by atoms with Crippen LogP contribution >= 0.6 is 0 Å². The van der Waals surface area contributed by atoms with Crippen LogP contribution in [0.15, 0.2) is 0 Å². The summed E-state index contributed by atoms with van der Waals surface area (Å²) in [5.41, 5.74) is -0.393. The van der Waals surface area contributed by atoms with Gasteiger partial charge in [0.05, 0.1) is 5.60 Å². The molecule has 2 saturated heterocycles. The number of carboxylic acid groups (broad SMARTS) is 2. The molecule has 0 aliphatic carbocycles. The van der Waals surface area contributed by atoms with E-state index in [9.17, 15) is 31.4 Å². The Hall–Kier alpha value is -1.60. The molecule has 13 heteroatoms. The van der Waals surface area contributed by atoms with E-state index >= 15 is 0 Å². The molecule has 2 fully saturated rings. The molecule has 0 aromatic rings. The molecule has 0 atom stereocenters. The highest BCUT2D eigenvalue weighted by molar-refractivity contribution is 5.73. The number of likely N-dealkylation sites (tertiary alicyclic amines) is 1. The Bertz CT molecular complexity index is 415. The highest BCUT2D eigenvalue weighted by Gasteiger charge is 2.41. The molecule has 0 aromatic heterocycles. The second kappa shape index (κ2) is 7.98. The third-order valence-electron chi connectivity index (χ3n) is 2.85. The molecule has 0 radical (unpaired) electrons. The van der Waals surface area contributed by atoms with Crippen LogP contribution in [-0.4, -0.2) is 82.3 Å². The predicted octanol–water partition coefficient (Wildman–Crippen LogP) is 0.291. The smallest absolute Gasteiger partial charge is 0.475 e. The van der Waals surface area contributed by atoms with Gasteiger partial charge in [0.25, 0.3) is 0 Å². The van der Waals surface area contributed by atoms with Gasteiger partial charge in [-0.2, -0.15) is 26.3 Å². The summed E-state index contributed by atoms with van der Waals surface area (Å²) < 4.78 is 63.5. The SMILES string of the molecule is CC1(O)CN(C2CNC2)C1.O=C(O)C(F)(F)F.O=C(O)C(F)(F)F. The molecule has 2 rings (SSSR count). The third kappa shape index (κ3) is 8.31. The summed E-state index contributed by atoms with van der Waals surface area (Å²) in [6.45, 7) is 5.83. The fourth-order valence-electron chi connectivity index (χ4n) is 1.62. The minimum Gasteiger partial charge on any atom is -0.475 e. The monoisotopic (exact) mass is 370 g/mol. The molecule has 7 nitrogen and oxygen atoms in total. The number of hydrogen-bond donors (Lipinski definition) is 4. The van der Waals surface area contributed by atoms with Crippen molar-refractivity contribution in [2.75, 3.05) is 26.2 Å². The maximum atomic E-state index is 10.6. The molecule has 142 valence electrons. The van der Waals surface area contributed by atoms with Gasteiger partial charge in [0.15, 0.2) is 0 Å². The molecular weight excluding hydrogens is 354 g/mol. The number of hydrogen-bond acceptors (Lipinski definition) is 5. The van der Waals surface area contributed by atoms with Crippen molar-refractivity contribution in [3.8, 4) is 0 Å². The molecule has 2 aliphatic rings. The number of β-amino-alcohol motifs (C(OH)–C–C–N with tert-alkyl or cyclic N) is 1. The maximum absolute atomic E-state index is 10.6. The molecule has 24 heavy (non-hydrogen) atoms. The van der Waals surface area contributed by atoms with E-state index in [1.807, 2.05) is 6.92 Å². The number of rotatable bonds is 1. The zero-order chi connectivity index (χ0) is 19.3. The Morgan fingerprint density at radius 1 is 1.00 bits per heavy atom. The Morgan fingerprint density at radius 2 is 1.29 bits per heavy atom. The summed E-state index contributed by atoms with van der Waals surface area (Å²) in [5, 5.41) is 26.9. The Kier molecular flexibility index (Phi) is 7.45. The van der Waals surface area contributed by atoms with Gasteiger partial charge in [-0.1, -0.05) is 0 Å². The molecule has 2 aliphatic heterocycles. The Morgan fingerprint density at radius 3 is 1.42 bits per heavy atom.